The predicted octanol–water partition coefficient (Wildman–Crippen LogP) is 0.377. The maximum Gasteiger partial charge on any atom is 0.150 e. The van der Waals surface area contributed by atoms with Crippen molar-refractivity contribution in [1.82, 2.24) is 4.90 Å². The summed E-state index contributed by atoms with van der Waals surface area (Å²) in [6.45, 7) is 4.25. The van der Waals surface area contributed by atoms with Gasteiger partial charge in [-0.2, -0.15) is 0 Å². The van der Waals surface area contributed by atoms with Crippen LogP contribution in [0.5, 0.6) is 0 Å². The van der Waals surface area contributed by atoms with Crippen LogP contribution in [-0.4, -0.2) is 49.5 Å². The number of sulfone groups is 1. The van der Waals surface area contributed by atoms with Crippen molar-refractivity contribution in [3.8, 4) is 0 Å². The molecule has 16 heavy (non-hydrogen) atoms. The van der Waals surface area contributed by atoms with Crippen LogP contribution in [-0.2, 0) is 9.84 Å². The second kappa shape index (κ2) is 4.27. The molecule has 0 aromatic carbocycles. The Labute approximate surface area is 98.1 Å². The summed E-state index contributed by atoms with van der Waals surface area (Å²) in [7, 11) is -2.79. The Kier molecular flexibility index (Phi) is 3.29. The minimum atomic E-state index is -2.79. The van der Waals surface area contributed by atoms with E-state index in [-0.39, 0.29) is 11.6 Å². The van der Waals surface area contributed by atoms with Gasteiger partial charge in [-0.3, -0.25) is 4.90 Å². The van der Waals surface area contributed by atoms with Crippen LogP contribution in [0.15, 0.2) is 0 Å². The number of nitrogens with zero attached hydrogens (tertiary/aromatic N) is 1. The fraction of sp³-hybridized carbons (Fsp3) is 1.00. The zero-order valence-corrected chi connectivity index (χ0v) is 10.8. The molecule has 2 fully saturated rings. The monoisotopic (exact) mass is 246 g/mol. The van der Waals surface area contributed by atoms with E-state index in [0.717, 1.165) is 38.8 Å². The highest BCUT2D eigenvalue weighted by Gasteiger charge is 2.49. The number of rotatable bonds is 2. The third-order valence-corrected chi connectivity index (χ3v) is 5.87. The van der Waals surface area contributed by atoms with E-state index in [0.29, 0.717) is 11.5 Å². The van der Waals surface area contributed by atoms with Gasteiger partial charge in [0.1, 0.15) is 9.84 Å². The molecule has 2 N–H and O–H groups in total. The van der Waals surface area contributed by atoms with Crippen LogP contribution < -0.4 is 5.73 Å². The summed E-state index contributed by atoms with van der Waals surface area (Å²) < 4.78 is 23.0. The van der Waals surface area contributed by atoms with Crippen LogP contribution in [0.25, 0.3) is 0 Å². The predicted molar refractivity (Wildman–Crippen MR) is 65.1 cm³/mol. The first kappa shape index (κ1) is 12.3. The summed E-state index contributed by atoms with van der Waals surface area (Å²) in [5.74, 6) is 0.641. The van der Waals surface area contributed by atoms with Crippen molar-refractivity contribution in [1.29, 1.82) is 0 Å². The highest BCUT2D eigenvalue weighted by atomic mass is 32.2. The van der Waals surface area contributed by atoms with Crippen LogP contribution in [0, 0.1) is 0 Å². The van der Waals surface area contributed by atoms with Crippen molar-refractivity contribution < 1.29 is 8.42 Å². The lowest BCUT2D eigenvalue weighted by atomic mass is 9.85. The molecule has 1 unspecified atom stereocenters. The zero-order valence-electron chi connectivity index (χ0n) is 9.98. The first-order valence-corrected chi connectivity index (χ1v) is 8.03. The van der Waals surface area contributed by atoms with Gasteiger partial charge in [0, 0.05) is 18.1 Å². The average molecular weight is 246 g/mol. The summed E-state index contributed by atoms with van der Waals surface area (Å²) in [5, 5.41) is 0. The third-order valence-electron chi connectivity index (χ3n) is 4.22. The largest absolute Gasteiger partial charge is 0.326 e. The first-order chi connectivity index (χ1) is 7.50. The summed E-state index contributed by atoms with van der Waals surface area (Å²) >= 11 is 0. The Hall–Kier alpha value is -0.130. The maximum atomic E-state index is 11.5. The van der Waals surface area contributed by atoms with Gasteiger partial charge in [-0.05, 0) is 32.2 Å². The lowest BCUT2D eigenvalue weighted by Crippen LogP contribution is -2.57. The molecular weight excluding hydrogens is 224 g/mol. The summed E-state index contributed by atoms with van der Waals surface area (Å²) in [5.41, 5.74) is 6.20. The smallest absolute Gasteiger partial charge is 0.150 e. The van der Waals surface area contributed by atoms with Crippen molar-refractivity contribution in [2.24, 2.45) is 5.73 Å². The summed E-state index contributed by atoms with van der Waals surface area (Å²) in [6.07, 6.45) is 3.59. The van der Waals surface area contributed by atoms with Crippen molar-refractivity contribution in [2.75, 3.05) is 24.6 Å². The molecule has 0 aromatic rings. The van der Waals surface area contributed by atoms with Gasteiger partial charge in [0.2, 0.25) is 0 Å². The highest BCUT2D eigenvalue weighted by molar-refractivity contribution is 7.91. The minimum absolute atomic E-state index is 0.0126. The van der Waals surface area contributed by atoms with Gasteiger partial charge in [-0.25, -0.2) is 8.42 Å². The molecule has 1 spiro atoms. The molecule has 0 amide bonds. The van der Waals surface area contributed by atoms with Gasteiger partial charge in [0.05, 0.1) is 11.5 Å². The molecule has 2 aliphatic rings. The molecule has 0 saturated carbocycles. The van der Waals surface area contributed by atoms with Crippen molar-refractivity contribution in [3.63, 3.8) is 0 Å². The Morgan fingerprint density at radius 1 is 1.38 bits per heavy atom. The molecule has 2 heterocycles. The quantitative estimate of drug-likeness (QED) is 0.765. The molecular formula is C11H22N2O2S. The van der Waals surface area contributed by atoms with E-state index in [1.807, 2.05) is 0 Å². The zero-order chi connectivity index (χ0) is 11.8. The number of hydrogen-bond donors (Lipinski definition) is 1. The second-order valence-corrected chi connectivity index (χ2v) is 7.44. The van der Waals surface area contributed by atoms with Crippen molar-refractivity contribution in [2.45, 2.75) is 44.2 Å². The summed E-state index contributed by atoms with van der Waals surface area (Å²) in [4.78, 5) is 2.44. The van der Waals surface area contributed by atoms with Crippen molar-refractivity contribution >= 4 is 9.84 Å². The van der Waals surface area contributed by atoms with Crippen LogP contribution in [0.2, 0.25) is 0 Å². The molecule has 2 aliphatic heterocycles. The van der Waals surface area contributed by atoms with Gasteiger partial charge in [0.25, 0.3) is 0 Å². The molecule has 1 atom stereocenters. The normalized spacial score (nSPS) is 33.2. The number of likely N-dealkylation sites (tertiary alicyclic amines) is 1. The van der Waals surface area contributed by atoms with E-state index >= 15 is 0 Å². The summed E-state index contributed by atoms with van der Waals surface area (Å²) in [6, 6.07) is 0.162. The molecule has 0 bridgehead atoms. The highest BCUT2D eigenvalue weighted by Crippen LogP contribution is 2.38. The van der Waals surface area contributed by atoms with Gasteiger partial charge in [-0.15, -0.1) is 0 Å². The molecule has 0 radical (unpaired) electrons. The van der Waals surface area contributed by atoms with E-state index in [2.05, 4.69) is 11.8 Å². The van der Waals surface area contributed by atoms with Crippen molar-refractivity contribution in [3.05, 3.63) is 0 Å². The SMILES string of the molecule is CCCN1CCC(N)C12CCS(=O)(=O)CC2. The molecule has 4 nitrogen and oxygen atoms in total. The van der Waals surface area contributed by atoms with Crippen LogP contribution >= 0.6 is 0 Å². The van der Waals surface area contributed by atoms with E-state index in [4.69, 9.17) is 5.73 Å². The van der Waals surface area contributed by atoms with Gasteiger partial charge in [-0.1, -0.05) is 6.92 Å². The van der Waals surface area contributed by atoms with Crippen LogP contribution in [0.3, 0.4) is 0 Å². The first-order valence-electron chi connectivity index (χ1n) is 6.21. The van der Waals surface area contributed by atoms with E-state index in [1.54, 1.807) is 0 Å². The topological polar surface area (TPSA) is 63.4 Å². The molecule has 2 rings (SSSR count). The third kappa shape index (κ3) is 2.00. The lowest BCUT2D eigenvalue weighted by Gasteiger charge is -2.44. The lowest BCUT2D eigenvalue weighted by molar-refractivity contribution is 0.112. The van der Waals surface area contributed by atoms with Gasteiger partial charge < -0.3 is 5.73 Å². The van der Waals surface area contributed by atoms with E-state index in [9.17, 15) is 8.42 Å². The maximum absolute atomic E-state index is 11.5. The fourth-order valence-corrected chi connectivity index (χ4v) is 4.74. The molecule has 0 aliphatic carbocycles. The van der Waals surface area contributed by atoms with E-state index < -0.39 is 9.84 Å². The average Bonchev–Trinajstić information content (AvgIpc) is 2.52. The second-order valence-electron chi connectivity index (χ2n) is 5.14. The number of hydrogen-bond acceptors (Lipinski definition) is 4. The standard InChI is InChI=1S/C11H22N2O2S/c1-2-6-13-7-3-10(12)11(13)4-8-16(14,15)9-5-11/h10H,2-9,12H2,1H3. The van der Waals surface area contributed by atoms with E-state index in [1.165, 1.54) is 0 Å². The van der Waals surface area contributed by atoms with Crippen LogP contribution in [0.1, 0.15) is 32.6 Å². The molecule has 5 heteroatoms. The van der Waals surface area contributed by atoms with Crippen LogP contribution in [0.4, 0.5) is 0 Å². The van der Waals surface area contributed by atoms with Gasteiger partial charge >= 0.3 is 0 Å². The molecule has 2 saturated heterocycles. The Balaban J connectivity index is 2.16. The van der Waals surface area contributed by atoms with Gasteiger partial charge in [0.15, 0.2) is 0 Å². The molecule has 0 aromatic heterocycles. The number of nitrogens with two attached hydrogens (primary N) is 1. The minimum Gasteiger partial charge on any atom is -0.326 e. The molecule has 94 valence electrons. The fourth-order valence-electron chi connectivity index (χ4n) is 3.20. The Morgan fingerprint density at radius 2 is 2.00 bits per heavy atom. The Morgan fingerprint density at radius 3 is 2.56 bits per heavy atom. The Bertz CT molecular complexity index is 337.